The molecule has 0 spiro atoms. The second kappa shape index (κ2) is 8.80. The van der Waals surface area contributed by atoms with E-state index in [4.69, 9.17) is 4.74 Å². The lowest BCUT2D eigenvalue weighted by molar-refractivity contribution is 0.249. The number of nitrogens with one attached hydrogen (secondary N) is 2. The van der Waals surface area contributed by atoms with Crippen molar-refractivity contribution in [3.05, 3.63) is 54.1 Å². The summed E-state index contributed by atoms with van der Waals surface area (Å²) in [6.45, 7) is 6.54. The number of carbonyl (C=O) groups is 1. The minimum Gasteiger partial charge on any atom is -0.495 e. The summed E-state index contributed by atoms with van der Waals surface area (Å²) < 4.78 is 5.27. The number of hydrogen-bond donors (Lipinski definition) is 2. The van der Waals surface area contributed by atoms with Crippen molar-refractivity contribution in [2.24, 2.45) is 5.92 Å². The molecule has 1 heterocycles. The molecule has 144 valence electrons. The van der Waals surface area contributed by atoms with E-state index in [2.05, 4.69) is 46.7 Å². The van der Waals surface area contributed by atoms with E-state index in [0.717, 1.165) is 24.6 Å². The molecule has 2 aromatic rings. The Labute approximate surface area is 161 Å². The van der Waals surface area contributed by atoms with Crippen LogP contribution >= 0.6 is 0 Å². The molecule has 0 bridgehead atoms. The van der Waals surface area contributed by atoms with Crippen molar-refractivity contribution in [2.45, 2.75) is 32.7 Å². The largest absolute Gasteiger partial charge is 0.495 e. The first kappa shape index (κ1) is 19.1. The van der Waals surface area contributed by atoms with Gasteiger partial charge in [-0.1, -0.05) is 31.2 Å². The molecule has 1 saturated heterocycles. The number of rotatable bonds is 5. The Kier molecular flexibility index (Phi) is 6.22. The highest BCUT2D eigenvalue weighted by atomic mass is 16.5. The van der Waals surface area contributed by atoms with Gasteiger partial charge in [-0.3, -0.25) is 0 Å². The molecule has 0 saturated carbocycles. The van der Waals surface area contributed by atoms with Crippen LogP contribution in [0.15, 0.2) is 48.5 Å². The summed E-state index contributed by atoms with van der Waals surface area (Å²) >= 11 is 0. The van der Waals surface area contributed by atoms with Crippen LogP contribution in [0, 0.1) is 5.92 Å². The number of methoxy groups -OCH3 is 1. The summed E-state index contributed by atoms with van der Waals surface area (Å²) in [5.41, 5.74) is 2.99. The summed E-state index contributed by atoms with van der Waals surface area (Å²) in [6.07, 6.45) is 2.57. The van der Waals surface area contributed by atoms with Crippen LogP contribution in [0.1, 0.15) is 38.3 Å². The predicted octanol–water partition coefficient (Wildman–Crippen LogP) is 4.81. The van der Waals surface area contributed by atoms with Gasteiger partial charge < -0.3 is 20.3 Å². The first-order valence-electron chi connectivity index (χ1n) is 9.62. The third kappa shape index (κ3) is 4.94. The third-order valence-corrected chi connectivity index (χ3v) is 5.12. The number of para-hydroxylation sites is 2. The Morgan fingerprint density at radius 3 is 2.63 bits per heavy atom. The number of benzene rings is 2. The van der Waals surface area contributed by atoms with Gasteiger partial charge in [0.25, 0.3) is 0 Å². The van der Waals surface area contributed by atoms with Crippen molar-refractivity contribution in [2.75, 3.05) is 30.4 Å². The maximum Gasteiger partial charge on any atom is 0.319 e. The molecular formula is C22H29N3O2. The summed E-state index contributed by atoms with van der Waals surface area (Å²) in [5, 5.41) is 5.83. The fraction of sp³-hybridized carbons (Fsp3) is 0.409. The standard InChI is InChI=1S/C22H29N3O2/c1-16-7-6-14-25(15-16)19-12-10-18(11-13-19)17(2)23-22(26)24-20-8-4-5-9-21(20)27-3/h4-5,8-13,16-17H,6-7,14-15H2,1-3H3,(H2,23,24,26)/t16-,17+/m0/s1. The van der Waals surface area contributed by atoms with E-state index in [-0.39, 0.29) is 12.1 Å². The Hall–Kier alpha value is -2.69. The van der Waals surface area contributed by atoms with Gasteiger partial charge in [0, 0.05) is 18.8 Å². The molecule has 2 amide bonds. The monoisotopic (exact) mass is 367 g/mol. The van der Waals surface area contributed by atoms with Crippen molar-refractivity contribution < 1.29 is 9.53 Å². The van der Waals surface area contributed by atoms with Crippen LogP contribution in [0.25, 0.3) is 0 Å². The average molecular weight is 367 g/mol. The molecular weight excluding hydrogens is 338 g/mol. The van der Waals surface area contributed by atoms with Crippen molar-refractivity contribution in [3.8, 4) is 5.75 Å². The van der Waals surface area contributed by atoms with E-state index in [0.29, 0.717) is 11.4 Å². The normalized spacial score (nSPS) is 17.9. The first-order valence-corrected chi connectivity index (χ1v) is 9.62. The van der Waals surface area contributed by atoms with Crippen LogP contribution in [-0.2, 0) is 0 Å². The lowest BCUT2D eigenvalue weighted by Gasteiger charge is -2.33. The highest BCUT2D eigenvalue weighted by Gasteiger charge is 2.17. The molecule has 1 fully saturated rings. The van der Waals surface area contributed by atoms with Gasteiger partial charge in [0.1, 0.15) is 5.75 Å². The van der Waals surface area contributed by atoms with E-state index in [1.54, 1.807) is 7.11 Å². The Morgan fingerprint density at radius 2 is 1.93 bits per heavy atom. The van der Waals surface area contributed by atoms with Gasteiger partial charge in [-0.2, -0.15) is 0 Å². The number of anilines is 2. The third-order valence-electron chi connectivity index (χ3n) is 5.12. The van der Waals surface area contributed by atoms with Crippen LogP contribution in [0.4, 0.5) is 16.2 Å². The van der Waals surface area contributed by atoms with E-state index in [1.807, 2.05) is 31.2 Å². The smallest absolute Gasteiger partial charge is 0.319 e. The summed E-state index contributed by atoms with van der Waals surface area (Å²) in [4.78, 5) is 14.8. The van der Waals surface area contributed by atoms with Crippen LogP contribution in [-0.4, -0.2) is 26.2 Å². The zero-order valence-corrected chi connectivity index (χ0v) is 16.4. The number of hydrogen-bond acceptors (Lipinski definition) is 3. The molecule has 0 unspecified atom stereocenters. The number of piperidine rings is 1. The van der Waals surface area contributed by atoms with Gasteiger partial charge in [-0.05, 0) is 55.5 Å². The SMILES string of the molecule is COc1ccccc1NC(=O)N[C@H](C)c1ccc(N2CCC[C@H](C)C2)cc1. The maximum absolute atomic E-state index is 12.3. The second-order valence-corrected chi connectivity index (χ2v) is 7.31. The summed E-state index contributed by atoms with van der Waals surface area (Å²) in [5.74, 6) is 1.39. The van der Waals surface area contributed by atoms with Crippen molar-refractivity contribution in [1.29, 1.82) is 0 Å². The molecule has 0 aliphatic carbocycles. The van der Waals surface area contributed by atoms with Crippen molar-refractivity contribution in [1.82, 2.24) is 5.32 Å². The average Bonchev–Trinajstić information content (AvgIpc) is 2.68. The van der Waals surface area contributed by atoms with E-state index in [1.165, 1.54) is 18.5 Å². The number of amides is 2. The highest BCUT2D eigenvalue weighted by Crippen LogP contribution is 2.25. The van der Waals surface area contributed by atoms with Crippen LogP contribution < -0.4 is 20.3 Å². The fourth-order valence-corrected chi connectivity index (χ4v) is 3.58. The van der Waals surface area contributed by atoms with Gasteiger partial charge in [-0.25, -0.2) is 4.79 Å². The van der Waals surface area contributed by atoms with E-state index < -0.39 is 0 Å². The molecule has 27 heavy (non-hydrogen) atoms. The van der Waals surface area contributed by atoms with Crippen LogP contribution in [0.2, 0.25) is 0 Å². The van der Waals surface area contributed by atoms with Gasteiger partial charge in [0.2, 0.25) is 0 Å². The topological polar surface area (TPSA) is 53.6 Å². The minimum absolute atomic E-state index is 0.0889. The minimum atomic E-state index is -0.249. The Bertz CT molecular complexity index is 760. The summed E-state index contributed by atoms with van der Waals surface area (Å²) in [6, 6.07) is 15.5. The molecule has 5 nitrogen and oxygen atoms in total. The number of nitrogens with zero attached hydrogens (tertiary/aromatic N) is 1. The Balaban J connectivity index is 1.59. The van der Waals surface area contributed by atoms with Gasteiger partial charge in [-0.15, -0.1) is 0 Å². The molecule has 2 atom stereocenters. The van der Waals surface area contributed by atoms with Crippen LogP contribution in [0.5, 0.6) is 5.75 Å². The molecule has 3 rings (SSSR count). The molecule has 1 aliphatic rings. The lowest BCUT2D eigenvalue weighted by Crippen LogP contribution is -2.34. The molecule has 2 N–H and O–H groups in total. The van der Waals surface area contributed by atoms with Crippen LogP contribution in [0.3, 0.4) is 0 Å². The Morgan fingerprint density at radius 1 is 1.19 bits per heavy atom. The van der Waals surface area contributed by atoms with Gasteiger partial charge in [0.05, 0.1) is 18.8 Å². The molecule has 0 aromatic heterocycles. The predicted molar refractivity (Wildman–Crippen MR) is 111 cm³/mol. The highest BCUT2D eigenvalue weighted by molar-refractivity contribution is 5.91. The maximum atomic E-state index is 12.3. The van der Waals surface area contributed by atoms with E-state index >= 15 is 0 Å². The van der Waals surface area contributed by atoms with Gasteiger partial charge >= 0.3 is 6.03 Å². The molecule has 5 heteroatoms. The zero-order valence-electron chi connectivity index (χ0n) is 16.4. The molecule has 0 radical (unpaired) electrons. The molecule has 1 aliphatic heterocycles. The zero-order chi connectivity index (χ0) is 19.2. The number of carbonyl (C=O) groups excluding carboxylic acids is 1. The first-order chi connectivity index (χ1) is 13.1. The summed E-state index contributed by atoms with van der Waals surface area (Å²) in [7, 11) is 1.59. The fourth-order valence-electron chi connectivity index (χ4n) is 3.58. The van der Waals surface area contributed by atoms with E-state index in [9.17, 15) is 4.79 Å². The second-order valence-electron chi connectivity index (χ2n) is 7.31. The van der Waals surface area contributed by atoms with Gasteiger partial charge in [0.15, 0.2) is 0 Å². The number of ether oxygens (including phenoxy) is 1. The van der Waals surface area contributed by atoms with Crippen molar-refractivity contribution >= 4 is 17.4 Å². The molecule has 2 aromatic carbocycles. The number of urea groups is 1. The van der Waals surface area contributed by atoms with Crippen molar-refractivity contribution in [3.63, 3.8) is 0 Å². The quantitative estimate of drug-likeness (QED) is 0.797. The lowest BCUT2D eigenvalue weighted by atomic mass is 9.99.